The average molecular weight is 526 g/mol. The Hall–Kier alpha value is -2.98. The van der Waals surface area contributed by atoms with Crippen LogP contribution >= 0.6 is 11.6 Å². The van der Waals surface area contributed by atoms with Gasteiger partial charge in [-0.05, 0) is 56.7 Å². The standard InChI is InChI=1S/C24H32ClN3O6S/c1-16(2)26-24(30)17(3)27(14-18-8-7-9-20(12-18)33-4)23(29)15-28(35(6,31)32)19-10-11-22(34-5)21(25)13-19/h7-13,16-17H,14-15H2,1-6H3,(H,26,30)/t17-/m1/s1. The van der Waals surface area contributed by atoms with Gasteiger partial charge >= 0.3 is 0 Å². The van der Waals surface area contributed by atoms with Gasteiger partial charge in [-0.2, -0.15) is 0 Å². The highest BCUT2D eigenvalue weighted by atomic mass is 35.5. The molecule has 0 fully saturated rings. The molecule has 0 aliphatic heterocycles. The third-order valence-corrected chi connectivity index (χ3v) is 6.62. The summed E-state index contributed by atoms with van der Waals surface area (Å²) in [5.74, 6) is 0.0554. The lowest BCUT2D eigenvalue weighted by atomic mass is 10.1. The molecule has 1 atom stereocenters. The van der Waals surface area contributed by atoms with Crippen LogP contribution in [0.25, 0.3) is 0 Å². The van der Waals surface area contributed by atoms with Crippen molar-refractivity contribution in [3.05, 3.63) is 53.1 Å². The van der Waals surface area contributed by atoms with E-state index in [2.05, 4.69) is 5.32 Å². The van der Waals surface area contributed by atoms with E-state index < -0.39 is 28.5 Å². The second-order valence-electron chi connectivity index (χ2n) is 8.30. The summed E-state index contributed by atoms with van der Waals surface area (Å²) >= 11 is 6.19. The van der Waals surface area contributed by atoms with Crippen molar-refractivity contribution in [3.63, 3.8) is 0 Å². The summed E-state index contributed by atoms with van der Waals surface area (Å²) in [5, 5.41) is 3.00. The van der Waals surface area contributed by atoms with E-state index in [1.807, 2.05) is 13.8 Å². The van der Waals surface area contributed by atoms with Crippen LogP contribution in [0.1, 0.15) is 26.3 Å². The molecule has 2 aromatic carbocycles. The number of sulfonamides is 1. The monoisotopic (exact) mass is 525 g/mol. The Morgan fingerprint density at radius 3 is 2.29 bits per heavy atom. The maximum Gasteiger partial charge on any atom is 0.244 e. The average Bonchev–Trinajstić information content (AvgIpc) is 2.79. The maximum atomic E-state index is 13.5. The predicted molar refractivity (Wildman–Crippen MR) is 136 cm³/mol. The number of nitrogens with one attached hydrogen (secondary N) is 1. The number of ether oxygens (including phenoxy) is 2. The van der Waals surface area contributed by atoms with Crippen LogP contribution in [-0.2, 0) is 26.2 Å². The zero-order valence-corrected chi connectivity index (χ0v) is 22.3. The molecule has 2 rings (SSSR count). The van der Waals surface area contributed by atoms with Crippen molar-refractivity contribution in [2.24, 2.45) is 0 Å². The molecule has 9 nitrogen and oxygen atoms in total. The van der Waals surface area contributed by atoms with E-state index in [4.69, 9.17) is 21.1 Å². The molecule has 35 heavy (non-hydrogen) atoms. The zero-order valence-electron chi connectivity index (χ0n) is 20.7. The second-order valence-corrected chi connectivity index (χ2v) is 10.6. The maximum absolute atomic E-state index is 13.5. The summed E-state index contributed by atoms with van der Waals surface area (Å²) in [5.41, 5.74) is 0.924. The van der Waals surface area contributed by atoms with Gasteiger partial charge in [-0.1, -0.05) is 23.7 Å². The fourth-order valence-electron chi connectivity index (χ4n) is 3.38. The molecule has 0 radical (unpaired) electrons. The van der Waals surface area contributed by atoms with Crippen molar-refractivity contribution in [1.29, 1.82) is 0 Å². The number of amides is 2. The lowest BCUT2D eigenvalue weighted by Gasteiger charge is -2.32. The minimum atomic E-state index is -3.87. The summed E-state index contributed by atoms with van der Waals surface area (Å²) in [7, 11) is -0.890. The summed E-state index contributed by atoms with van der Waals surface area (Å²) < 4.78 is 36.6. The highest BCUT2D eigenvalue weighted by Gasteiger charge is 2.30. The highest BCUT2D eigenvalue weighted by Crippen LogP contribution is 2.30. The molecule has 0 aliphatic rings. The van der Waals surface area contributed by atoms with Crippen molar-refractivity contribution >= 4 is 39.1 Å². The van der Waals surface area contributed by atoms with E-state index in [0.29, 0.717) is 11.5 Å². The molecule has 0 saturated heterocycles. The Balaban J connectivity index is 2.43. The van der Waals surface area contributed by atoms with Crippen LogP contribution in [0.4, 0.5) is 5.69 Å². The molecule has 0 heterocycles. The quantitative estimate of drug-likeness (QED) is 0.483. The van der Waals surface area contributed by atoms with E-state index in [1.54, 1.807) is 31.2 Å². The third kappa shape index (κ3) is 7.76. The molecule has 0 bridgehead atoms. The molecule has 2 aromatic rings. The van der Waals surface area contributed by atoms with Gasteiger partial charge in [-0.3, -0.25) is 13.9 Å². The van der Waals surface area contributed by atoms with E-state index in [-0.39, 0.29) is 29.2 Å². The van der Waals surface area contributed by atoms with Gasteiger partial charge in [-0.15, -0.1) is 0 Å². The zero-order chi connectivity index (χ0) is 26.3. The number of hydrogen-bond donors (Lipinski definition) is 1. The molecule has 192 valence electrons. The van der Waals surface area contributed by atoms with E-state index in [9.17, 15) is 18.0 Å². The minimum absolute atomic E-state index is 0.0731. The number of methoxy groups -OCH3 is 2. The molecular weight excluding hydrogens is 494 g/mol. The van der Waals surface area contributed by atoms with Crippen molar-refractivity contribution in [1.82, 2.24) is 10.2 Å². The first-order valence-electron chi connectivity index (χ1n) is 10.9. The van der Waals surface area contributed by atoms with Crippen molar-refractivity contribution < 1.29 is 27.5 Å². The molecule has 2 amide bonds. The lowest BCUT2D eigenvalue weighted by molar-refractivity contribution is -0.139. The van der Waals surface area contributed by atoms with Gasteiger partial charge in [0.05, 0.1) is 31.2 Å². The molecule has 0 saturated carbocycles. The van der Waals surface area contributed by atoms with Crippen molar-refractivity contribution in [3.8, 4) is 11.5 Å². The number of halogens is 1. The van der Waals surface area contributed by atoms with Gasteiger partial charge in [0.15, 0.2) is 0 Å². The smallest absolute Gasteiger partial charge is 0.244 e. The first-order chi connectivity index (χ1) is 16.4. The number of hydrogen-bond acceptors (Lipinski definition) is 6. The predicted octanol–water partition coefficient (Wildman–Crippen LogP) is 3.07. The van der Waals surface area contributed by atoms with E-state index in [0.717, 1.165) is 16.1 Å². The SMILES string of the molecule is COc1cccc(CN(C(=O)CN(c2ccc(OC)c(Cl)c2)S(C)(=O)=O)[C@H](C)C(=O)NC(C)C)c1. The molecule has 1 N–H and O–H groups in total. The minimum Gasteiger partial charge on any atom is -0.497 e. The third-order valence-electron chi connectivity index (χ3n) is 5.19. The van der Waals surface area contributed by atoms with Crippen LogP contribution in [0, 0.1) is 0 Å². The fraction of sp³-hybridized carbons (Fsp3) is 0.417. The normalized spacial score (nSPS) is 12.1. The molecule has 0 spiro atoms. The van der Waals surface area contributed by atoms with Gasteiger partial charge in [0.2, 0.25) is 21.8 Å². The number of nitrogens with zero attached hydrogens (tertiary/aromatic N) is 2. The molecule has 0 aliphatic carbocycles. The summed E-state index contributed by atoms with van der Waals surface area (Å²) in [6, 6.07) is 10.5. The van der Waals surface area contributed by atoms with Gasteiger partial charge in [0, 0.05) is 12.6 Å². The van der Waals surface area contributed by atoms with E-state index in [1.165, 1.54) is 37.3 Å². The Morgan fingerprint density at radius 2 is 1.74 bits per heavy atom. The van der Waals surface area contributed by atoms with Crippen LogP contribution < -0.4 is 19.1 Å². The Morgan fingerprint density at radius 1 is 1.06 bits per heavy atom. The number of carbonyl (C=O) groups excluding carboxylic acids is 2. The van der Waals surface area contributed by atoms with Crippen LogP contribution in [0.5, 0.6) is 11.5 Å². The summed E-state index contributed by atoms with van der Waals surface area (Å²) in [6.45, 7) is 4.79. The summed E-state index contributed by atoms with van der Waals surface area (Å²) in [4.78, 5) is 27.7. The van der Waals surface area contributed by atoms with Crippen LogP contribution in [-0.4, -0.2) is 64.2 Å². The van der Waals surface area contributed by atoms with Gasteiger partial charge < -0.3 is 19.7 Å². The molecular formula is C24H32ClN3O6S. The Bertz CT molecular complexity index is 1160. The lowest BCUT2D eigenvalue weighted by Crippen LogP contribution is -2.52. The Kier molecular flexibility index (Phi) is 9.79. The number of carbonyl (C=O) groups is 2. The number of rotatable bonds is 11. The Labute approximate surface area is 212 Å². The van der Waals surface area contributed by atoms with Gasteiger partial charge in [0.1, 0.15) is 24.1 Å². The molecule has 11 heteroatoms. The first kappa shape index (κ1) is 28.3. The van der Waals surface area contributed by atoms with E-state index >= 15 is 0 Å². The summed E-state index contributed by atoms with van der Waals surface area (Å²) in [6.07, 6.45) is 1.000. The van der Waals surface area contributed by atoms with Crippen molar-refractivity contribution in [2.45, 2.75) is 39.4 Å². The van der Waals surface area contributed by atoms with Gasteiger partial charge in [-0.25, -0.2) is 8.42 Å². The largest absolute Gasteiger partial charge is 0.497 e. The first-order valence-corrected chi connectivity index (χ1v) is 13.1. The van der Waals surface area contributed by atoms with Crippen LogP contribution in [0.15, 0.2) is 42.5 Å². The number of anilines is 1. The molecule has 0 unspecified atom stereocenters. The molecule has 0 aromatic heterocycles. The topological polar surface area (TPSA) is 105 Å². The number of benzene rings is 2. The fourth-order valence-corrected chi connectivity index (χ4v) is 4.47. The van der Waals surface area contributed by atoms with Crippen LogP contribution in [0.3, 0.4) is 0 Å². The van der Waals surface area contributed by atoms with Crippen LogP contribution in [0.2, 0.25) is 5.02 Å². The van der Waals surface area contributed by atoms with Gasteiger partial charge in [0.25, 0.3) is 0 Å². The highest BCUT2D eigenvalue weighted by molar-refractivity contribution is 7.92. The second kappa shape index (κ2) is 12.1. The van der Waals surface area contributed by atoms with Crippen molar-refractivity contribution in [2.75, 3.05) is 31.3 Å².